The van der Waals surface area contributed by atoms with Crippen molar-refractivity contribution in [3.8, 4) is 0 Å². The smallest absolute Gasteiger partial charge is 0.0617 e. The predicted molar refractivity (Wildman–Crippen MR) is 77.7 cm³/mol. The Kier molecular flexibility index (Phi) is 3.69. The van der Waals surface area contributed by atoms with Crippen LogP contribution in [0.5, 0.6) is 0 Å². The summed E-state index contributed by atoms with van der Waals surface area (Å²) in [5, 5.41) is 3.37. The summed E-state index contributed by atoms with van der Waals surface area (Å²) >= 11 is 3.48. The van der Waals surface area contributed by atoms with E-state index in [1.165, 1.54) is 5.56 Å². The largest absolute Gasteiger partial charge is 0.397 e. The van der Waals surface area contributed by atoms with Crippen LogP contribution in [0.1, 0.15) is 12.5 Å². The summed E-state index contributed by atoms with van der Waals surface area (Å²) in [4.78, 5) is 0. The van der Waals surface area contributed by atoms with E-state index in [-0.39, 0.29) is 0 Å². The molecule has 0 saturated heterocycles. The molecule has 0 amide bonds. The number of para-hydroxylation sites is 2. The van der Waals surface area contributed by atoms with E-state index in [0.29, 0.717) is 0 Å². The molecule has 17 heavy (non-hydrogen) atoms. The van der Waals surface area contributed by atoms with Gasteiger partial charge in [0.25, 0.3) is 0 Å². The fraction of sp³-hybridized carbons (Fsp3) is 0.143. The van der Waals surface area contributed by atoms with Crippen molar-refractivity contribution in [2.75, 3.05) is 11.1 Å². The average molecular weight is 291 g/mol. The van der Waals surface area contributed by atoms with E-state index in [0.717, 1.165) is 28.0 Å². The zero-order chi connectivity index (χ0) is 12.3. The van der Waals surface area contributed by atoms with Crippen molar-refractivity contribution in [2.45, 2.75) is 13.3 Å². The number of rotatable bonds is 3. The first-order valence-corrected chi connectivity index (χ1v) is 6.40. The van der Waals surface area contributed by atoms with Gasteiger partial charge in [0.05, 0.1) is 11.4 Å². The Hall–Kier alpha value is -1.48. The van der Waals surface area contributed by atoms with Crippen LogP contribution in [-0.4, -0.2) is 0 Å². The van der Waals surface area contributed by atoms with Crippen LogP contribution in [0.3, 0.4) is 0 Å². The van der Waals surface area contributed by atoms with Crippen molar-refractivity contribution in [1.82, 2.24) is 0 Å². The molecule has 0 spiro atoms. The number of aryl methyl sites for hydroxylation is 1. The summed E-state index contributed by atoms with van der Waals surface area (Å²) in [6.07, 6.45) is 0.981. The van der Waals surface area contributed by atoms with Crippen LogP contribution in [0.4, 0.5) is 17.1 Å². The zero-order valence-electron chi connectivity index (χ0n) is 9.70. The molecule has 0 aromatic heterocycles. The van der Waals surface area contributed by atoms with Crippen molar-refractivity contribution in [1.29, 1.82) is 0 Å². The third-order valence-electron chi connectivity index (χ3n) is 2.68. The summed E-state index contributed by atoms with van der Waals surface area (Å²) in [7, 11) is 0. The highest BCUT2D eigenvalue weighted by Crippen LogP contribution is 2.27. The Bertz CT molecular complexity index is 523. The maximum Gasteiger partial charge on any atom is 0.0617 e. The van der Waals surface area contributed by atoms with Crippen LogP contribution in [0.15, 0.2) is 46.9 Å². The molecule has 88 valence electrons. The van der Waals surface area contributed by atoms with Crippen LogP contribution in [0.25, 0.3) is 0 Å². The predicted octanol–water partition coefficient (Wildman–Crippen LogP) is 4.34. The van der Waals surface area contributed by atoms with E-state index in [1.807, 2.05) is 30.3 Å². The summed E-state index contributed by atoms with van der Waals surface area (Å²) in [6, 6.07) is 14.0. The van der Waals surface area contributed by atoms with E-state index in [2.05, 4.69) is 40.3 Å². The highest BCUT2D eigenvalue weighted by atomic mass is 79.9. The molecule has 0 unspecified atom stereocenters. The van der Waals surface area contributed by atoms with Gasteiger partial charge in [-0.05, 0) is 42.3 Å². The number of nitrogens with two attached hydrogens (primary N) is 1. The van der Waals surface area contributed by atoms with Crippen molar-refractivity contribution in [2.24, 2.45) is 0 Å². The number of nitrogens with one attached hydrogen (secondary N) is 1. The standard InChI is InChI=1S/C14H15BrN2/c1-2-10-9-11(15)7-8-13(10)17-14-6-4-3-5-12(14)16/h3-9,17H,2,16H2,1H3. The number of anilines is 3. The van der Waals surface area contributed by atoms with Crippen molar-refractivity contribution in [3.63, 3.8) is 0 Å². The Labute approximate surface area is 110 Å². The van der Waals surface area contributed by atoms with E-state index < -0.39 is 0 Å². The van der Waals surface area contributed by atoms with Gasteiger partial charge in [0.2, 0.25) is 0 Å². The fourth-order valence-corrected chi connectivity index (χ4v) is 2.14. The lowest BCUT2D eigenvalue weighted by Crippen LogP contribution is -1.98. The van der Waals surface area contributed by atoms with Gasteiger partial charge in [-0.25, -0.2) is 0 Å². The first-order valence-electron chi connectivity index (χ1n) is 5.60. The average Bonchev–Trinajstić information content (AvgIpc) is 2.34. The second kappa shape index (κ2) is 5.23. The summed E-state index contributed by atoms with van der Waals surface area (Å²) in [6.45, 7) is 2.14. The SMILES string of the molecule is CCc1cc(Br)ccc1Nc1ccccc1N. The van der Waals surface area contributed by atoms with Crippen LogP contribution in [0.2, 0.25) is 0 Å². The Morgan fingerprint density at radius 3 is 2.59 bits per heavy atom. The topological polar surface area (TPSA) is 38.0 Å². The molecule has 3 N–H and O–H groups in total. The maximum atomic E-state index is 5.92. The quantitative estimate of drug-likeness (QED) is 0.826. The molecule has 0 bridgehead atoms. The number of benzene rings is 2. The molecule has 2 rings (SSSR count). The lowest BCUT2D eigenvalue weighted by molar-refractivity contribution is 1.14. The van der Waals surface area contributed by atoms with Gasteiger partial charge in [0, 0.05) is 10.2 Å². The first kappa shape index (κ1) is 12.0. The maximum absolute atomic E-state index is 5.92. The monoisotopic (exact) mass is 290 g/mol. The molecule has 2 aromatic carbocycles. The zero-order valence-corrected chi connectivity index (χ0v) is 11.3. The molecule has 0 fully saturated rings. The Morgan fingerprint density at radius 1 is 1.12 bits per heavy atom. The van der Waals surface area contributed by atoms with Crippen LogP contribution in [-0.2, 0) is 6.42 Å². The van der Waals surface area contributed by atoms with Gasteiger partial charge in [0.15, 0.2) is 0 Å². The van der Waals surface area contributed by atoms with Crippen molar-refractivity contribution < 1.29 is 0 Å². The van der Waals surface area contributed by atoms with Crippen LogP contribution < -0.4 is 11.1 Å². The van der Waals surface area contributed by atoms with Gasteiger partial charge >= 0.3 is 0 Å². The van der Waals surface area contributed by atoms with E-state index in [1.54, 1.807) is 0 Å². The van der Waals surface area contributed by atoms with Gasteiger partial charge < -0.3 is 11.1 Å². The molecule has 0 radical (unpaired) electrons. The second-order valence-electron chi connectivity index (χ2n) is 3.87. The van der Waals surface area contributed by atoms with E-state index >= 15 is 0 Å². The van der Waals surface area contributed by atoms with Crippen LogP contribution in [0, 0.1) is 0 Å². The second-order valence-corrected chi connectivity index (χ2v) is 4.78. The third-order valence-corrected chi connectivity index (χ3v) is 3.17. The molecule has 0 aliphatic heterocycles. The third kappa shape index (κ3) is 2.80. The summed E-state index contributed by atoms with van der Waals surface area (Å²) in [5.41, 5.74) is 10.00. The molecule has 3 heteroatoms. The van der Waals surface area contributed by atoms with E-state index in [9.17, 15) is 0 Å². The fourth-order valence-electron chi connectivity index (χ4n) is 1.73. The molecule has 2 aromatic rings. The molecular weight excluding hydrogens is 276 g/mol. The van der Waals surface area contributed by atoms with Crippen molar-refractivity contribution in [3.05, 3.63) is 52.5 Å². The molecule has 2 nitrogen and oxygen atoms in total. The minimum atomic E-state index is 0.762. The first-order chi connectivity index (χ1) is 8.20. The molecule has 0 saturated carbocycles. The minimum Gasteiger partial charge on any atom is -0.397 e. The van der Waals surface area contributed by atoms with Gasteiger partial charge in [0.1, 0.15) is 0 Å². The Balaban J connectivity index is 2.33. The highest BCUT2D eigenvalue weighted by molar-refractivity contribution is 9.10. The normalized spacial score (nSPS) is 10.2. The summed E-state index contributed by atoms with van der Waals surface area (Å²) < 4.78 is 1.10. The lowest BCUT2D eigenvalue weighted by Gasteiger charge is -2.13. The molecule has 0 aliphatic rings. The van der Waals surface area contributed by atoms with E-state index in [4.69, 9.17) is 5.73 Å². The van der Waals surface area contributed by atoms with Crippen molar-refractivity contribution >= 4 is 33.0 Å². The molecular formula is C14H15BrN2. The number of hydrogen-bond donors (Lipinski definition) is 2. The van der Waals surface area contributed by atoms with Gasteiger partial charge in [-0.2, -0.15) is 0 Å². The number of nitrogen functional groups attached to an aromatic ring is 1. The van der Waals surface area contributed by atoms with Gasteiger partial charge in [-0.3, -0.25) is 0 Å². The minimum absolute atomic E-state index is 0.762. The Morgan fingerprint density at radius 2 is 1.88 bits per heavy atom. The van der Waals surface area contributed by atoms with Gasteiger partial charge in [-0.1, -0.05) is 35.0 Å². The van der Waals surface area contributed by atoms with Crippen LogP contribution >= 0.6 is 15.9 Å². The summed E-state index contributed by atoms with van der Waals surface area (Å²) in [5.74, 6) is 0. The number of hydrogen-bond acceptors (Lipinski definition) is 2. The number of halogens is 1. The van der Waals surface area contributed by atoms with Gasteiger partial charge in [-0.15, -0.1) is 0 Å². The highest BCUT2D eigenvalue weighted by Gasteiger charge is 2.03. The lowest BCUT2D eigenvalue weighted by atomic mass is 10.1. The molecule has 0 atom stereocenters. The molecule has 0 aliphatic carbocycles. The molecule has 0 heterocycles.